The Balaban J connectivity index is 2.02. The monoisotopic (exact) mass is 300 g/mol. The summed E-state index contributed by atoms with van der Waals surface area (Å²) >= 11 is 1.53. The Bertz CT molecular complexity index is 672. The predicted molar refractivity (Wildman–Crippen MR) is 82.0 cm³/mol. The summed E-state index contributed by atoms with van der Waals surface area (Å²) in [4.78, 5) is 26.7. The first-order chi connectivity index (χ1) is 10.3. The highest BCUT2D eigenvalue weighted by atomic mass is 32.1. The van der Waals surface area contributed by atoms with Crippen molar-refractivity contribution in [2.75, 3.05) is 6.61 Å². The van der Waals surface area contributed by atoms with Gasteiger partial charge in [-0.25, -0.2) is 4.79 Å². The molecule has 2 aromatic rings. The minimum absolute atomic E-state index is 0.0990. The van der Waals surface area contributed by atoms with E-state index in [0.29, 0.717) is 22.6 Å². The Morgan fingerprint density at radius 3 is 2.57 bits per heavy atom. The molecule has 0 saturated heterocycles. The summed E-state index contributed by atoms with van der Waals surface area (Å²) in [5, 5.41) is 0. The number of rotatable bonds is 0. The predicted octanol–water partition coefficient (Wildman–Crippen LogP) is 3.86. The topological polar surface area (TPSA) is 43.4 Å². The number of thiophene rings is 1. The number of hydrogen-bond donors (Lipinski definition) is 0. The van der Waals surface area contributed by atoms with Crippen LogP contribution in [0.3, 0.4) is 0 Å². The number of ether oxygens (including phenoxy) is 1. The fraction of sp³-hybridized carbons (Fsp3) is 0.294. The van der Waals surface area contributed by atoms with Crippen molar-refractivity contribution in [3.63, 3.8) is 0 Å². The van der Waals surface area contributed by atoms with E-state index in [-0.39, 0.29) is 5.78 Å². The van der Waals surface area contributed by atoms with Crippen molar-refractivity contribution in [3.8, 4) is 0 Å². The maximum absolute atomic E-state index is 12.6. The molecule has 4 heteroatoms. The number of aryl methyl sites for hydroxylation is 1. The van der Waals surface area contributed by atoms with Gasteiger partial charge in [-0.2, -0.15) is 0 Å². The zero-order chi connectivity index (χ0) is 14.7. The second kappa shape index (κ2) is 6.22. The summed E-state index contributed by atoms with van der Waals surface area (Å²) in [6.45, 7) is 0.413. The van der Waals surface area contributed by atoms with Gasteiger partial charge in [-0.3, -0.25) is 4.79 Å². The molecule has 0 amide bonds. The van der Waals surface area contributed by atoms with Crippen molar-refractivity contribution in [1.82, 2.24) is 0 Å². The average molecular weight is 300 g/mol. The lowest BCUT2D eigenvalue weighted by Crippen LogP contribution is -2.12. The fourth-order valence-corrected chi connectivity index (χ4v) is 3.45. The molecular formula is C17H16O3S. The van der Waals surface area contributed by atoms with E-state index in [1.54, 1.807) is 24.3 Å². The minimum Gasteiger partial charge on any atom is -0.462 e. The standard InChI is InChI=1S/C17H16O3S/c18-16-13-7-3-4-8-14(13)17(19)20-11-5-1-2-6-12-9-10-15(16)21-12/h3-4,7-10H,1-2,5-6,11H2. The third kappa shape index (κ3) is 3.05. The Morgan fingerprint density at radius 2 is 1.71 bits per heavy atom. The quantitative estimate of drug-likeness (QED) is 0.694. The summed E-state index contributed by atoms with van der Waals surface area (Å²) in [6, 6.07) is 10.8. The molecule has 1 aliphatic rings. The molecule has 0 radical (unpaired) electrons. The second-order valence-corrected chi connectivity index (χ2v) is 6.26. The molecule has 0 unspecified atom stereocenters. The van der Waals surface area contributed by atoms with Gasteiger partial charge in [-0.05, 0) is 43.9 Å². The van der Waals surface area contributed by atoms with Crippen LogP contribution in [0.4, 0.5) is 0 Å². The van der Waals surface area contributed by atoms with Crippen molar-refractivity contribution in [1.29, 1.82) is 0 Å². The van der Waals surface area contributed by atoms with Crippen LogP contribution in [0.1, 0.15) is 49.7 Å². The lowest BCUT2D eigenvalue weighted by atomic mass is 10.0. The summed E-state index contributed by atoms with van der Waals surface area (Å²) < 4.78 is 5.28. The van der Waals surface area contributed by atoms with Crippen LogP contribution in [-0.2, 0) is 11.2 Å². The fourth-order valence-electron chi connectivity index (χ4n) is 2.45. The van der Waals surface area contributed by atoms with Crippen LogP contribution in [0.2, 0.25) is 0 Å². The SMILES string of the molecule is O=C1OCCCCCc2ccc(s2)C(=O)c2ccccc21. The first kappa shape index (κ1) is 14.0. The molecule has 108 valence electrons. The van der Waals surface area contributed by atoms with Crippen molar-refractivity contribution >= 4 is 23.1 Å². The van der Waals surface area contributed by atoms with Crippen LogP contribution in [0.5, 0.6) is 0 Å². The van der Waals surface area contributed by atoms with Gasteiger partial charge in [0.05, 0.1) is 17.0 Å². The van der Waals surface area contributed by atoms with Gasteiger partial charge < -0.3 is 4.74 Å². The smallest absolute Gasteiger partial charge is 0.338 e. The van der Waals surface area contributed by atoms with E-state index in [2.05, 4.69) is 0 Å². The molecule has 3 nitrogen and oxygen atoms in total. The summed E-state index contributed by atoms with van der Waals surface area (Å²) in [6.07, 6.45) is 3.92. The van der Waals surface area contributed by atoms with Gasteiger partial charge in [0.15, 0.2) is 0 Å². The van der Waals surface area contributed by atoms with Gasteiger partial charge in [0.1, 0.15) is 0 Å². The largest absolute Gasteiger partial charge is 0.462 e. The lowest BCUT2D eigenvalue weighted by Gasteiger charge is -2.08. The number of carbonyl (C=O) groups excluding carboxylic acids is 2. The molecule has 1 aromatic carbocycles. The molecule has 3 rings (SSSR count). The third-order valence-electron chi connectivity index (χ3n) is 3.58. The Morgan fingerprint density at radius 1 is 0.905 bits per heavy atom. The van der Waals surface area contributed by atoms with Crippen LogP contribution in [0, 0.1) is 0 Å². The number of fused-ring (bicyclic) bond motifs is 3. The van der Waals surface area contributed by atoms with Crippen LogP contribution in [0.15, 0.2) is 36.4 Å². The summed E-state index contributed by atoms with van der Waals surface area (Å²) in [5.41, 5.74) is 0.784. The van der Waals surface area contributed by atoms with Crippen molar-refractivity contribution in [3.05, 3.63) is 57.3 Å². The molecule has 0 spiro atoms. The van der Waals surface area contributed by atoms with Gasteiger partial charge in [0.25, 0.3) is 0 Å². The van der Waals surface area contributed by atoms with Crippen LogP contribution >= 0.6 is 11.3 Å². The van der Waals surface area contributed by atoms with Gasteiger partial charge in [0, 0.05) is 10.4 Å². The molecule has 21 heavy (non-hydrogen) atoms. The van der Waals surface area contributed by atoms with Crippen LogP contribution in [0.25, 0.3) is 0 Å². The molecule has 0 saturated carbocycles. The highest BCUT2D eigenvalue weighted by molar-refractivity contribution is 7.14. The molecule has 2 bridgehead atoms. The highest BCUT2D eigenvalue weighted by Crippen LogP contribution is 2.24. The zero-order valence-electron chi connectivity index (χ0n) is 11.6. The molecule has 2 heterocycles. The van der Waals surface area contributed by atoms with E-state index >= 15 is 0 Å². The van der Waals surface area contributed by atoms with Crippen LogP contribution < -0.4 is 0 Å². The van der Waals surface area contributed by atoms with E-state index in [1.165, 1.54) is 16.2 Å². The average Bonchev–Trinajstić information content (AvgIpc) is 2.98. The molecular weight excluding hydrogens is 284 g/mol. The van der Waals surface area contributed by atoms with Crippen molar-refractivity contribution < 1.29 is 14.3 Å². The van der Waals surface area contributed by atoms with E-state index in [1.807, 2.05) is 12.1 Å². The summed E-state index contributed by atoms with van der Waals surface area (Å²) in [7, 11) is 0. The minimum atomic E-state index is -0.407. The maximum Gasteiger partial charge on any atom is 0.338 e. The van der Waals surface area contributed by atoms with E-state index in [4.69, 9.17) is 4.74 Å². The molecule has 0 N–H and O–H groups in total. The Labute approximate surface area is 127 Å². The first-order valence-electron chi connectivity index (χ1n) is 7.15. The van der Waals surface area contributed by atoms with E-state index in [0.717, 1.165) is 25.7 Å². The highest BCUT2D eigenvalue weighted by Gasteiger charge is 2.20. The number of cyclic esters (lactones) is 1. The lowest BCUT2D eigenvalue weighted by molar-refractivity contribution is 0.0495. The van der Waals surface area contributed by atoms with Crippen molar-refractivity contribution in [2.24, 2.45) is 0 Å². The molecule has 0 fully saturated rings. The number of benzene rings is 1. The van der Waals surface area contributed by atoms with Gasteiger partial charge >= 0.3 is 5.97 Å². The van der Waals surface area contributed by atoms with Crippen molar-refractivity contribution in [2.45, 2.75) is 25.7 Å². The molecule has 0 aliphatic carbocycles. The zero-order valence-corrected chi connectivity index (χ0v) is 12.4. The normalized spacial score (nSPS) is 16.2. The number of ketones is 1. The third-order valence-corrected chi connectivity index (χ3v) is 4.72. The maximum atomic E-state index is 12.6. The van der Waals surface area contributed by atoms with Gasteiger partial charge in [0.2, 0.25) is 5.78 Å². The van der Waals surface area contributed by atoms with E-state index in [9.17, 15) is 9.59 Å². The Hall–Kier alpha value is -1.94. The first-order valence-corrected chi connectivity index (χ1v) is 7.97. The molecule has 0 atom stereocenters. The Kier molecular flexibility index (Phi) is 4.15. The number of carbonyl (C=O) groups is 2. The van der Waals surface area contributed by atoms with E-state index < -0.39 is 5.97 Å². The van der Waals surface area contributed by atoms with Crippen LogP contribution in [-0.4, -0.2) is 18.4 Å². The molecule has 1 aliphatic heterocycles. The van der Waals surface area contributed by atoms with Gasteiger partial charge in [-0.1, -0.05) is 18.2 Å². The summed E-state index contributed by atoms with van der Waals surface area (Å²) in [5.74, 6) is -0.506. The second-order valence-electron chi connectivity index (χ2n) is 5.09. The van der Waals surface area contributed by atoms with Gasteiger partial charge in [-0.15, -0.1) is 11.3 Å². The number of esters is 1. The number of hydrogen-bond acceptors (Lipinski definition) is 4. The molecule has 1 aromatic heterocycles.